The van der Waals surface area contributed by atoms with Gasteiger partial charge in [0.25, 0.3) is 5.91 Å². The molecule has 0 unspecified atom stereocenters. The Hall–Kier alpha value is -1.97. The Morgan fingerprint density at radius 1 is 1.35 bits per heavy atom. The van der Waals surface area contributed by atoms with Crippen LogP contribution in [0.4, 0.5) is 0 Å². The van der Waals surface area contributed by atoms with E-state index in [0.717, 1.165) is 30.6 Å². The number of rotatable bonds is 2. The van der Waals surface area contributed by atoms with Gasteiger partial charge in [-0.15, -0.1) is 0 Å². The van der Waals surface area contributed by atoms with Gasteiger partial charge in [0.1, 0.15) is 12.0 Å². The molecule has 2 aromatic heterocycles. The highest BCUT2D eigenvalue weighted by molar-refractivity contribution is 5.94. The standard InChI is InChI=1S/C13H13NO3/c15-13(9-4-6-16-8-9)14-11-2-1-3-12-10(11)5-7-17-12/h4-8,11H,1-3H2,(H,14,15)/t11-/m0/s1. The van der Waals surface area contributed by atoms with Crippen LogP contribution in [-0.2, 0) is 6.42 Å². The highest BCUT2D eigenvalue weighted by Gasteiger charge is 2.24. The monoisotopic (exact) mass is 231 g/mol. The molecule has 4 heteroatoms. The predicted octanol–water partition coefficient (Wildman–Crippen LogP) is 2.68. The summed E-state index contributed by atoms with van der Waals surface area (Å²) in [6, 6.07) is 3.66. The fraction of sp³-hybridized carbons (Fsp3) is 0.308. The normalized spacial score (nSPS) is 18.7. The fourth-order valence-electron chi connectivity index (χ4n) is 2.27. The summed E-state index contributed by atoms with van der Waals surface area (Å²) in [5.41, 5.74) is 1.66. The molecule has 0 spiro atoms. The third-order valence-electron chi connectivity index (χ3n) is 3.14. The topological polar surface area (TPSA) is 55.4 Å². The second-order valence-electron chi connectivity index (χ2n) is 4.23. The van der Waals surface area contributed by atoms with Crippen molar-refractivity contribution in [2.24, 2.45) is 0 Å². The lowest BCUT2D eigenvalue weighted by Crippen LogP contribution is -2.30. The number of furan rings is 2. The highest BCUT2D eigenvalue weighted by Crippen LogP contribution is 2.30. The van der Waals surface area contributed by atoms with E-state index in [-0.39, 0.29) is 11.9 Å². The van der Waals surface area contributed by atoms with Gasteiger partial charge in [-0.25, -0.2) is 0 Å². The molecule has 2 heterocycles. The van der Waals surface area contributed by atoms with Gasteiger partial charge in [0.05, 0.1) is 24.1 Å². The zero-order valence-corrected chi connectivity index (χ0v) is 9.31. The van der Waals surface area contributed by atoms with Crippen LogP contribution in [0.5, 0.6) is 0 Å². The molecule has 0 bridgehead atoms. The van der Waals surface area contributed by atoms with Gasteiger partial charge in [0.15, 0.2) is 0 Å². The van der Waals surface area contributed by atoms with Crippen LogP contribution in [0.2, 0.25) is 0 Å². The largest absolute Gasteiger partial charge is 0.472 e. The van der Waals surface area contributed by atoms with Crippen molar-refractivity contribution in [2.45, 2.75) is 25.3 Å². The van der Waals surface area contributed by atoms with E-state index in [4.69, 9.17) is 8.83 Å². The van der Waals surface area contributed by atoms with Crippen LogP contribution >= 0.6 is 0 Å². The Morgan fingerprint density at radius 2 is 2.29 bits per heavy atom. The number of aryl methyl sites for hydroxylation is 1. The van der Waals surface area contributed by atoms with Crippen molar-refractivity contribution in [3.8, 4) is 0 Å². The summed E-state index contributed by atoms with van der Waals surface area (Å²) in [5, 5.41) is 3.00. The molecule has 0 aromatic carbocycles. The first-order valence-electron chi connectivity index (χ1n) is 5.74. The molecule has 0 fully saturated rings. The van der Waals surface area contributed by atoms with Crippen LogP contribution in [0.15, 0.2) is 39.8 Å². The van der Waals surface area contributed by atoms with Crippen LogP contribution in [0, 0.1) is 0 Å². The van der Waals surface area contributed by atoms with Gasteiger partial charge in [0, 0.05) is 12.0 Å². The SMILES string of the molecule is O=C(N[C@H]1CCCc2occc21)c1ccoc1. The van der Waals surface area contributed by atoms with Gasteiger partial charge in [-0.3, -0.25) is 4.79 Å². The number of hydrogen-bond acceptors (Lipinski definition) is 3. The highest BCUT2D eigenvalue weighted by atomic mass is 16.3. The minimum absolute atomic E-state index is 0.0555. The van der Waals surface area contributed by atoms with E-state index in [0.29, 0.717) is 5.56 Å². The van der Waals surface area contributed by atoms with E-state index in [2.05, 4.69) is 5.32 Å². The Balaban J connectivity index is 1.77. The molecule has 0 saturated carbocycles. The van der Waals surface area contributed by atoms with Gasteiger partial charge < -0.3 is 14.2 Å². The van der Waals surface area contributed by atoms with Crippen LogP contribution in [0.25, 0.3) is 0 Å². The maximum absolute atomic E-state index is 11.9. The van der Waals surface area contributed by atoms with Gasteiger partial charge in [-0.1, -0.05) is 0 Å². The summed E-state index contributed by atoms with van der Waals surface area (Å²) >= 11 is 0. The van der Waals surface area contributed by atoms with E-state index in [1.807, 2.05) is 6.07 Å². The molecule has 0 aliphatic heterocycles. The molecule has 1 N–H and O–H groups in total. The smallest absolute Gasteiger partial charge is 0.255 e. The van der Waals surface area contributed by atoms with E-state index < -0.39 is 0 Å². The Kier molecular flexibility index (Phi) is 2.48. The van der Waals surface area contributed by atoms with Crippen LogP contribution in [0.1, 0.15) is 40.6 Å². The molecule has 0 radical (unpaired) electrons. The first-order valence-corrected chi connectivity index (χ1v) is 5.74. The Labute approximate surface area is 98.6 Å². The first kappa shape index (κ1) is 10.2. The molecule has 17 heavy (non-hydrogen) atoms. The summed E-state index contributed by atoms with van der Waals surface area (Å²) in [6.07, 6.45) is 7.59. The van der Waals surface area contributed by atoms with E-state index in [1.54, 1.807) is 12.3 Å². The number of carbonyl (C=O) groups excluding carboxylic acids is 1. The summed E-state index contributed by atoms with van der Waals surface area (Å²) in [4.78, 5) is 11.9. The van der Waals surface area contributed by atoms with Crippen molar-refractivity contribution in [1.29, 1.82) is 0 Å². The molecular weight excluding hydrogens is 218 g/mol. The molecule has 1 amide bonds. The summed E-state index contributed by atoms with van der Waals surface area (Å²) < 4.78 is 10.3. The lowest BCUT2D eigenvalue weighted by molar-refractivity contribution is 0.0931. The van der Waals surface area contributed by atoms with Crippen molar-refractivity contribution in [2.75, 3.05) is 0 Å². The molecule has 1 atom stereocenters. The quantitative estimate of drug-likeness (QED) is 0.864. The molecule has 1 aliphatic carbocycles. The Bertz CT molecular complexity index is 513. The van der Waals surface area contributed by atoms with Gasteiger partial charge in [-0.2, -0.15) is 0 Å². The summed E-state index contributed by atoms with van der Waals surface area (Å²) in [5.74, 6) is 0.895. The van der Waals surface area contributed by atoms with Gasteiger partial charge in [0.2, 0.25) is 0 Å². The third kappa shape index (κ3) is 1.86. The number of fused-ring (bicyclic) bond motifs is 1. The second-order valence-corrected chi connectivity index (χ2v) is 4.23. The maximum atomic E-state index is 11.9. The molecule has 88 valence electrons. The van der Waals surface area contributed by atoms with Crippen LogP contribution in [-0.4, -0.2) is 5.91 Å². The third-order valence-corrected chi connectivity index (χ3v) is 3.14. The average Bonchev–Trinajstić information content (AvgIpc) is 3.00. The van der Waals surface area contributed by atoms with Crippen molar-refractivity contribution < 1.29 is 13.6 Å². The number of amides is 1. The van der Waals surface area contributed by atoms with E-state index in [1.165, 1.54) is 12.5 Å². The molecule has 0 saturated heterocycles. The van der Waals surface area contributed by atoms with Crippen molar-refractivity contribution >= 4 is 5.91 Å². The number of nitrogens with one attached hydrogen (secondary N) is 1. The van der Waals surface area contributed by atoms with E-state index in [9.17, 15) is 4.79 Å². The fourth-order valence-corrected chi connectivity index (χ4v) is 2.27. The average molecular weight is 231 g/mol. The predicted molar refractivity (Wildman–Crippen MR) is 60.6 cm³/mol. The van der Waals surface area contributed by atoms with Crippen molar-refractivity contribution in [1.82, 2.24) is 5.32 Å². The minimum Gasteiger partial charge on any atom is -0.472 e. The Morgan fingerprint density at radius 3 is 3.12 bits per heavy atom. The molecule has 1 aliphatic rings. The van der Waals surface area contributed by atoms with Gasteiger partial charge in [-0.05, 0) is 25.0 Å². The number of hydrogen-bond donors (Lipinski definition) is 1. The van der Waals surface area contributed by atoms with Gasteiger partial charge >= 0.3 is 0 Å². The number of carbonyl (C=O) groups is 1. The maximum Gasteiger partial charge on any atom is 0.255 e. The second kappa shape index (κ2) is 4.13. The first-order chi connectivity index (χ1) is 8.34. The van der Waals surface area contributed by atoms with E-state index >= 15 is 0 Å². The summed E-state index contributed by atoms with van der Waals surface area (Å²) in [7, 11) is 0. The molecule has 3 rings (SSSR count). The lowest BCUT2D eigenvalue weighted by atomic mass is 9.93. The minimum atomic E-state index is -0.0993. The summed E-state index contributed by atoms with van der Waals surface area (Å²) in [6.45, 7) is 0. The zero-order chi connectivity index (χ0) is 11.7. The molecule has 4 nitrogen and oxygen atoms in total. The molecular formula is C13H13NO3. The van der Waals surface area contributed by atoms with Crippen LogP contribution in [0.3, 0.4) is 0 Å². The van der Waals surface area contributed by atoms with Crippen molar-refractivity contribution in [3.63, 3.8) is 0 Å². The zero-order valence-electron chi connectivity index (χ0n) is 9.31. The van der Waals surface area contributed by atoms with Crippen molar-refractivity contribution in [3.05, 3.63) is 47.8 Å². The van der Waals surface area contributed by atoms with Crippen LogP contribution < -0.4 is 5.32 Å². The lowest BCUT2D eigenvalue weighted by Gasteiger charge is -2.22. The molecule has 2 aromatic rings.